The van der Waals surface area contributed by atoms with Crippen LogP contribution in [0.4, 0.5) is 8.78 Å². The summed E-state index contributed by atoms with van der Waals surface area (Å²) in [6.07, 6.45) is 0. The maximum absolute atomic E-state index is 13.0. The van der Waals surface area contributed by atoms with Crippen molar-refractivity contribution in [3.63, 3.8) is 0 Å². The van der Waals surface area contributed by atoms with Gasteiger partial charge < -0.3 is 0 Å². The minimum Gasteiger partial charge on any atom is -0.294 e. The molecule has 0 spiro atoms. The Morgan fingerprint density at radius 3 is 2.46 bits per heavy atom. The fraction of sp³-hybridized carbons (Fsp3) is 0.300. The molecule has 13 heavy (non-hydrogen) atoms. The molecule has 0 amide bonds. The molecule has 0 fully saturated rings. The van der Waals surface area contributed by atoms with Gasteiger partial charge in [-0.15, -0.1) is 0 Å². The van der Waals surface area contributed by atoms with E-state index in [2.05, 4.69) is 0 Å². The molecular formula is C10H10F2O. The van der Waals surface area contributed by atoms with E-state index in [0.717, 1.165) is 18.2 Å². The third-order valence-corrected chi connectivity index (χ3v) is 1.72. The quantitative estimate of drug-likeness (QED) is 0.646. The monoisotopic (exact) mass is 184 g/mol. The smallest absolute Gasteiger partial charge is 0.168 e. The van der Waals surface area contributed by atoms with Gasteiger partial charge in [-0.05, 0) is 18.2 Å². The van der Waals surface area contributed by atoms with Gasteiger partial charge in [-0.25, -0.2) is 8.78 Å². The van der Waals surface area contributed by atoms with Crippen LogP contribution in [0.15, 0.2) is 18.2 Å². The zero-order chi connectivity index (χ0) is 10.0. The summed E-state index contributed by atoms with van der Waals surface area (Å²) < 4.78 is 25.6. The van der Waals surface area contributed by atoms with Gasteiger partial charge in [-0.1, -0.05) is 13.8 Å². The molecule has 1 nitrogen and oxygen atoms in total. The summed E-state index contributed by atoms with van der Waals surface area (Å²) in [5.74, 6) is -1.96. The van der Waals surface area contributed by atoms with Gasteiger partial charge in [0.05, 0.1) is 5.56 Å². The number of hydrogen-bond acceptors (Lipinski definition) is 1. The van der Waals surface area contributed by atoms with Crippen molar-refractivity contribution in [2.75, 3.05) is 0 Å². The molecular weight excluding hydrogens is 174 g/mol. The van der Waals surface area contributed by atoms with Crippen LogP contribution in [0.3, 0.4) is 0 Å². The van der Waals surface area contributed by atoms with Crippen molar-refractivity contribution in [2.24, 2.45) is 5.92 Å². The first-order valence-corrected chi connectivity index (χ1v) is 4.01. The van der Waals surface area contributed by atoms with E-state index in [1.165, 1.54) is 0 Å². The zero-order valence-electron chi connectivity index (χ0n) is 7.47. The standard InChI is InChI=1S/C10H10F2O/c1-6(2)10(13)8-5-7(11)3-4-9(8)12/h3-6H,1-2H3. The Hall–Kier alpha value is -1.25. The number of ketones is 1. The molecule has 0 saturated carbocycles. The molecule has 0 bridgehead atoms. The Labute approximate surface area is 75.4 Å². The van der Waals surface area contributed by atoms with E-state index in [1.54, 1.807) is 13.8 Å². The summed E-state index contributed by atoms with van der Waals surface area (Å²) in [7, 11) is 0. The van der Waals surface area contributed by atoms with Crippen LogP contribution in [-0.4, -0.2) is 5.78 Å². The summed E-state index contributed by atoms with van der Waals surface area (Å²) in [5, 5.41) is 0. The molecule has 0 radical (unpaired) electrons. The third kappa shape index (κ3) is 2.11. The van der Waals surface area contributed by atoms with Crippen molar-refractivity contribution in [3.8, 4) is 0 Å². The summed E-state index contributed by atoms with van der Waals surface area (Å²) in [4.78, 5) is 11.3. The number of carbonyl (C=O) groups is 1. The first-order chi connectivity index (χ1) is 6.02. The lowest BCUT2D eigenvalue weighted by atomic mass is 10.0. The molecule has 1 aromatic rings. The van der Waals surface area contributed by atoms with Crippen LogP contribution >= 0.6 is 0 Å². The molecule has 0 atom stereocenters. The van der Waals surface area contributed by atoms with E-state index < -0.39 is 11.6 Å². The van der Waals surface area contributed by atoms with Crippen molar-refractivity contribution < 1.29 is 13.6 Å². The second kappa shape index (κ2) is 3.64. The molecule has 0 saturated heterocycles. The average molecular weight is 184 g/mol. The Morgan fingerprint density at radius 2 is 1.92 bits per heavy atom. The highest BCUT2D eigenvalue weighted by Crippen LogP contribution is 2.14. The van der Waals surface area contributed by atoms with E-state index >= 15 is 0 Å². The van der Waals surface area contributed by atoms with E-state index in [-0.39, 0.29) is 17.3 Å². The zero-order valence-corrected chi connectivity index (χ0v) is 7.47. The molecule has 0 aromatic heterocycles. The fourth-order valence-corrected chi connectivity index (χ4v) is 0.997. The maximum atomic E-state index is 13.0. The first kappa shape index (κ1) is 9.84. The normalized spacial score (nSPS) is 10.5. The fourth-order valence-electron chi connectivity index (χ4n) is 0.997. The lowest BCUT2D eigenvalue weighted by Crippen LogP contribution is -2.09. The molecule has 70 valence electrons. The summed E-state index contributed by atoms with van der Waals surface area (Å²) >= 11 is 0. The Bertz CT molecular complexity index is 332. The highest BCUT2D eigenvalue weighted by atomic mass is 19.1. The minimum atomic E-state index is -0.667. The first-order valence-electron chi connectivity index (χ1n) is 4.01. The Kier molecular flexibility index (Phi) is 2.76. The van der Waals surface area contributed by atoms with Gasteiger partial charge in [-0.3, -0.25) is 4.79 Å². The number of hydrogen-bond donors (Lipinski definition) is 0. The van der Waals surface area contributed by atoms with Crippen molar-refractivity contribution in [1.82, 2.24) is 0 Å². The molecule has 0 aliphatic rings. The van der Waals surface area contributed by atoms with Gasteiger partial charge in [0.2, 0.25) is 0 Å². The van der Waals surface area contributed by atoms with Gasteiger partial charge in [0.25, 0.3) is 0 Å². The third-order valence-electron chi connectivity index (χ3n) is 1.72. The molecule has 0 aliphatic heterocycles. The van der Waals surface area contributed by atoms with Crippen LogP contribution in [-0.2, 0) is 0 Å². The lowest BCUT2D eigenvalue weighted by Gasteiger charge is -2.04. The van der Waals surface area contributed by atoms with E-state index in [1.807, 2.05) is 0 Å². The van der Waals surface area contributed by atoms with Crippen LogP contribution in [0.25, 0.3) is 0 Å². The van der Waals surface area contributed by atoms with Crippen molar-refractivity contribution in [1.29, 1.82) is 0 Å². The summed E-state index contributed by atoms with van der Waals surface area (Å²) in [5.41, 5.74) is -0.171. The predicted molar refractivity (Wildman–Crippen MR) is 45.5 cm³/mol. The van der Waals surface area contributed by atoms with Crippen LogP contribution in [0.5, 0.6) is 0 Å². The van der Waals surface area contributed by atoms with Gasteiger partial charge in [0, 0.05) is 5.92 Å². The molecule has 3 heteroatoms. The highest BCUT2D eigenvalue weighted by Gasteiger charge is 2.15. The molecule has 0 unspecified atom stereocenters. The molecule has 0 heterocycles. The van der Waals surface area contributed by atoms with E-state index in [0.29, 0.717) is 0 Å². The second-order valence-corrected chi connectivity index (χ2v) is 3.14. The average Bonchev–Trinajstić information content (AvgIpc) is 2.08. The minimum absolute atomic E-state index is 0.171. The number of Topliss-reactive ketones (excluding diaryl/α,β-unsaturated/α-hetero) is 1. The van der Waals surface area contributed by atoms with Crippen molar-refractivity contribution >= 4 is 5.78 Å². The van der Waals surface area contributed by atoms with Crippen LogP contribution in [0.2, 0.25) is 0 Å². The largest absolute Gasteiger partial charge is 0.294 e. The van der Waals surface area contributed by atoms with E-state index in [4.69, 9.17) is 0 Å². The van der Waals surface area contributed by atoms with Gasteiger partial charge in [0.1, 0.15) is 11.6 Å². The van der Waals surface area contributed by atoms with Crippen LogP contribution in [0, 0.1) is 17.6 Å². The summed E-state index contributed by atoms with van der Waals surface area (Å²) in [6, 6.07) is 2.88. The topological polar surface area (TPSA) is 17.1 Å². The SMILES string of the molecule is CC(C)C(=O)c1cc(F)ccc1F. The predicted octanol–water partition coefficient (Wildman–Crippen LogP) is 2.80. The second-order valence-electron chi connectivity index (χ2n) is 3.14. The lowest BCUT2D eigenvalue weighted by molar-refractivity contribution is 0.0935. The maximum Gasteiger partial charge on any atom is 0.168 e. The number of carbonyl (C=O) groups excluding carboxylic acids is 1. The van der Waals surface area contributed by atoms with Gasteiger partial charge in [-0.2, -0.15) is 0 Å². The van der Waals surface area contributed by atoms with E-state index in [9.17, 15) is 13.6 Å². The molecule has 1 rings (SSSR count). The number of halogens is 2. The van der Waals surface area contributed by atoms with Crippen molar-refractivity contribution in [3.05, 3.63) is 35.4 Å². The van der Waals surface area contributed by atoms with Crippen LogP contribution in [0.1, 0.15) is 24.2 Å². The Morgan fingerprint density at radius 1 is 1.31 bits per heavy atom. The highest BCUT2D eigenvalue weighted by molar-refractivity contribution is 5.97. The Balaban J connectivity index is 3.13. The van der Waals surface area contributed by atoms with Crippen molar-refractivity contribution in [2.45, 2.75) is 13.8 Å². The van der Waals surface area contributed by atoms with Gasteiger partial charge in [0.15, 0.2) is 5.78 Å². The molecule has 0 N–H and O–H groups in total. The van der Waals surface area contributed by atoms with Crippen LogP contribution < -0.4 is 0 Å². The summed E-state index contributed by atoms with van der Waals surface area (Å²) in [6.45, 7) is 3.29. The molecule has 0 aliphatic carbocycles. The number of rotatable bonds is 2. The van der Waals surface area contributed by atoms with Gasteiger partial charge >= 0.3 is 0 Å². The molecule has 1 aromatic carbocycles. The number of benzene rings is 1.